The highest BCUT2D eigenvalue weighted by atomic mass is 32.2. The van der Waals surface area contributed by atoms with Gasteiger partial charge in [0.05, 0.1) is 21.3 Å². The van der Waals surface area contributed by atoms with Gasteiger partial charge in [0.25, 0.3) is 0 Å². The normalized spacial score (nSPS) is 14.3. The first-order chi connectivity index (χ1) is 12.5. The summed E-state index contributed by atoms with van der Waals surface area (Å²) < 4.78 is 43.9. The predicted octanol–water partition coefficient (Wildman–Crippen LogP) is 3.07. The average Bonchev–Trinajstić information content (AvgIpc) is 3.50. The van der Waals surface area contributed by atoms with E-state index in [4.69, 9.17) is 14.2 Å². The third-order valence-corrected chi connectivity index (χ3v) is 6.33. The molecule has 140 valence electrons. The summed E-state index contributed by atoms with van der Waals surface area (Å²) in [6.07, 6.45) is 1.73. The maximum absolute atomic E-state index is 13.4. The first-order valence-electron chi connectivity index (χ1n) is 8.36. The molecule has 0 bridgehead atoms. The molecule has 1 fully saturated rings. The van der Waals surface area contributed by atoms with E-state index in [1.54, 1.807) is 23.5 Å². The maximum Gasteiger partial charge on any atom is 0.247 e. The summed E-state index contributed by atoms with van der Waals surface area (Å²) in [6, 6.07) is 12.3. The molecule has 0 radical (unpaired) electrons. The molecule has 0 saturated heterocycles. The second kappa shape index (κ2) is 7.55. The summed E-state index contributed by atoms with van der Waals surface area (Å²) in [6.45, 7) is 0.303. The van der Waals surface area contributed by atoms with Crippen molar-refractivity contribution in [2.75, 3.05) is 21.3 Å². The van der Waals surface area contributed by atoms with E-state index >= 15 is 0 Å². The fourth-order valence-electron chi connectivity index (χ4n) is 2.80. The molecule has 1 aliphatic carbocycles. The van der Waals surface area contributed by atoms with Crippen LogP contribution in [0.5, 0.6) is 17.2 Å². The van der Waals surface area contributed by atoms with Crippen LogP contribution in [0.4, 0.5) is 0 Å². The highest BCUT2D eigenvalue weighted by Crippen LogP contribution is 2.37. The van der Waals surface area contributed by atoms with Crippen molar-refractivity contribution in [2.24, 2.45) is 0 Å². The molecule has 0 spiro atoms. The zero-order valence-corrected chi connectivity index (χ0v) is 16.0. The van der Waals surface area contributed by atoms with E-state index in [0.29, 0.717) is 18.0 Å². The standard InChI is InChI=1S/C19H23NO5S/c1-23-16-8-4-14(5-9-16)13-20(15-6-7-15)26(21,22)19-12-17(24-2)10-11-18(19)25-3/h4-5,8-12,15H,6-7,13H2,1-3H3. The molecular weight excluding hydrogens is 354 g/mol. The Kier molecular flexibility index (Phi) is 5.38. The van der Waals surface area contributed by atoms with Crippen LogP contribution in [-0.2, 0) is 16.6 Å². The largest absolute Gasteiger partial charge is 0.497 e. The minimum absolute atomic E-state index is 0.0120. The van der Waals surface area contributed by atoms with Gasteiger partial charge in [0.1, 0.15) is 22.1 Å². The fraction of sp³-hybridized carbons (Fsp3) is 0.368. The molecule has 0 amide bonds. The van der Waals surface area contributed by atoms with E-state index in [0.717, 1.165) is 24.2 Å². The molecule has 0 heterocycles. The number of methoxy groups -OCH3 is 3. The number of sulfonamides is 1. The van der Waals surface area contributed by atoms with Crippen molar-refractivity contribution >= 4 is 10.0 Å². The molecule has 0 unspecified atom stereocenters. The van der Waals surface area contributed by atoms with Gasteiger partial charge in [0.2, 0.25) is 10.0 Å². The van der Waals surface area contributed by atoms with Crippen molar-refractivity contribution in [1.29, 1.82) is 0 Å². The van der Waals surface area contributed by atoms with E-state index < -0.39 is 10.0 Å². The number of benzene rings is 2. The van der Waals surface area contributed by atoms with Gasteiger partial charge in [0, 0.05) is 18.7 Å². The lowest BCUT2D eigenvalue weighted by Crippen LogP contribution is -2.33. The van der Waals surface area contributed by atoms with Crippen molar-refractivity contribution in [3.05, 3.63) is 48.0 Å². The zero-order chi connectivity index (χ0) is 18.7. The van der Waals surface area contributed by atoms with Gasteiger partial charge in [-0.05, 0) is 42.7 Å². The minimum Gasteiger partial charge on any atom is -0.497 e. The predicted molar refractivity (Wildman–Crippen MR) is 98.3 cm³/mol. The number of rotatable bonds is 8. The van der Waals surface area contributed by atoms with Gasteiger partial charge < -0.3 is 14.2 Å². The van der Waals surface area contributed by atoms with Crippen LogP contribution in [0, 0.1) is 0 Å². The van der Waals surface area contributed by atoms with E-state index in [9.17, 15) is 8.42 Å². The quantitative estimate of drug-likeness (QED) is 0.707. The smallest absolute Gasteiger partial charge is 0.247 e. The molecule has 2 aromatic carbocycles. The van der Waals surface area contributed by atoms with Crippen molar-refractivity contribution in [2.45, 2.75) is 30.3 Å². The second-order valence-electron chi connectivity index (χ2n) is 6.15. The van der Waals surface area contributed by atoms with E-state index in [-0.39, 0.29) is 10.9 Å². The lowest BCUT2D eigenvalue weighted by molar-refractivity contribution is 0.376. The highest BCUT2D eigenvalue weighted by molar-refractivity contribution is 7.89. The molecule has 1 saturated carbocycles. The Morgan fingerprint density at radius 1 is 0.923 bits per heavy atom. The Bertz CT molecular complexity index is 860. The Morgan fingerprint density at radius 2 is 1.54 bits per heavy atom. The summed E-state index contributed by atoms with van der Waals surface area (Å²) in [5.41, 5.74) is 0.906. The molecule has 7 heteroatoms. The van der Waals surface area contributed by atoms with Crippen LogP contribution in [0.25, 0.3) is 0 Å². The van der Waals surface area contributed by atoms with Gasteiger partial charge in [-0.15, -0.1) is 0 Å². The highest BCUT2D eigenvalue weighted by Gasteiger charge is 2.39. The van der Waals surface area contributed by atoms with Crippen molar-refractivity contribution in [3.63, 3.8) is 0 Å². The minimum atomic E-state index is -3.73. The Labute approximate surface area is 154 Å². The molecule has 0 atom stereocenters. The van der Waals surface area contributed by atoms with Crippen LogP contribution in [-0.4, -0.2) is 40.1 Å². The van der Waals surface area contributed by atoms with Crippen LogP contribution in [0.15, 0.2) is 47.4 Å². The molecule has 1 aliphatic rings. The van der Waals surface area contributed by atoms with Crippen LogP contribution >= 0.6 is 0 Å². The fourth-order valence-corrected chi connectivity index (χ4v) is 4.64. The average molecular weight is 377 g/mol. The van der Waals surface area contributed by atoms with Crippen molar-refractivity contribution in [1.82, 2.24) is 4.31 Å². The van der Waals surface area contributed by atoms with Gasteiger partial charge in [-0.3, -0.25) is 0 Å². The molecule has 0 N–H and O–H groups in total. The number of hydrogen-bond donors (Lipinski definition) is 0. The SMILES string of the molecule is COc1ccc(CN(C2CC2)S(=O)(=O)c2cc(OC)ccc2OC)cc1. The topological polar surface area (TPSA) is 65.1 Å². The first-order valence-corrected chi connectivity index (χ1v) is 9.80. The van der Waals surface area contributed by atoms with Crippen LogP contribution in [0.1, 0.15) is 18.4 Å². The third-order valence-electron chi connectivity index (χ3n) is 4.41. The van der Waals surface area contributed by atoms with Crippen molar-refractivity contribution < 1.29 is 22.6 Å². The molecule has 26 heavy (non-hydrogen) atoms. The number of hydrogen-bond acceptors (Lipinski definition) is 5. The summed E-state index contributed by atoms with van der Waals surface area (Å²) >= 11 is 0. The van der Waals surface area contributed by atoms with Crippen LogP contribution in [0.2, 0.25) is 0 Å². The van der Waals surface area contributed by atoms with Crippen LogP contribution in [0.3, 0.4) is 0 Å². The van der Waals surface area contributed by atoms with Gasteiger partial charge in [-0.1, -0.05) is 12.1 Å². The van der Waals surface area contributed by atoms with Gasteiger partial charge in [0.15, 0.2) is 0 Å². The lowest BCUT2D eigenvalue weighted by Gasteiger charge is -2.23. The summed E-state index contributed by atoms with van der Waals surface area (Å²) in [5.74, 6) is 1.53. The molecule has 0 aromatic heterocycles. The summed E-state index contributed by atoms with van der Waals surface area (Å²) in [4.78, 5) is 0.125. The third kappa shape index (κ3) is 3.78. The van der Waals surface area contributed by atoms with Gasteiger partial charge >= 0.3 is 0 Å². The maximum atomic E-state index is 13.4. The lowest BCUT2D eigenvalue weighted by atomic mass is 10.2. The summed E-state index contributed by atoms with van der Waals surface area (Å²) in [7, 11) is 0.844. The van der Waals surface area contributed by atoms with Crippen LogP contribution < -0.4 is 14.2 Å². The Hall–Kier alpha value is -2.25. The molecular formula is C19H23NO5S. The molecule has 3 rings (SSSR count). The Balaban J connectivity index is 1.96. The summed E-state index contributed by atoms with van der Waals surface area (Å²) in [5, 5.41) is 0. The van der Waals surface area contributed by atoms with Gasteiger partial charge in [-0.25, -0.2) is 8.42 Å². The van der Waals surface area contributed by atoms with E-state index in [2.05, 4.69) is 0 Å². The van der Waals surface area contributed by atoms with E-state index in [1.165, 1.54) is 20.3 Å². The Morgan fingerprint density at radius 3 is 2.08 bits per heavy atom. The monoisotopic (exact) mass is 377 g/mol. The molecule has 0 aliphatic heterocycles. The zero-order valence-electron chi connectivity index (χ0n) is 15.1. The first kappa shape index (κ1) is 18.5. The van der Waals surface area contributed by atoms with Crippen molar-refractivity contribution in [3.8, 4) is 17.2 Å². The van der Waals surface area contributed by atoms with Gasteiger partial charge in [-0.2, -0.15) is 4.31 Å². The van der Waals surface area contributed by atoms with E-state index in [1.807, 2.05) is 24.3 Å². The number of ether oxygens (including phenoxy) is 3. The molecule has 2 aromatic rings. The second-order valence-corrected chi connectivity index (χ2v) is 8.01. The molecule has 6 nitrogen and oxygen atoms in total. The number of nitrogens with zero attached hydrogens (tertiary/aromatic N) is 1.